The number of carbonyl (C=O) groups is 1. The molecular formula is C10H10N2O4. The van der Waals surface area contributed by atoms with Gasteiger partial charge in [-0.25, -0.2) is 4.79 Å². The third-order valence-corrected chi connectivity index (χ3v) is 2.37. The first-order chi connectivity index (χ1) is 7.61. The van der Waals surface area contributed by atoms with Crippen LogP contribution in [0.5, 0.6) is 0 Å². The number of nitrogens with one attached hydrogen (secondary N) is 1. The number of aryl methyl sites for hydroxylation is 1. The van der Waals surface area contributed by atoms with Gasteiger partial charge < -0.3 is 4.74 Å². The molecule has 0 saturated heterocycles. The lowest BCUT2D eigenvalue weighted by Gasteiger charge is -2.14. The molecule has 0 spiro atoms. The molecule has 1 N–H and O–H groups in total. The van der Waals surface area contributed by atoms with Crippen molar-refractivity contribution in [2.75, 3.05) is 0 Å². The Balaban J connectivity index is 2.37. The van der Waals surface area contributed by atoms with Gasteiger partial charge in [0.1, 0.15) is 0 Å². The fourth-order valence-corrected chi connectivity index (χ4v) is 1.52. The zero-order valence-corrected chi connectivity index (χ0v) is 8.60. The third-order valence-electron chi connectivity index (χ3n) is 2.37. The van der Waals surface area contributed by atoms with Crippen molar-refractivity contribution in [3.8, 4) is 0 Å². The van der Waals surface area contributed by atoms with Gasteiger partial charge in [-0.2, -0.15) is 0 Å². The number of allylic oxidation sites excluding steroid dienone is 1. The van der Waals surface area contributed by atoms with Crippen molar-refractivity contribution >= 4 is 6.29 Å². The number of aromatic nitrogens is 2. The summed E-state index contributed by atoms with van der Waals surface area (Å²) in [5.41, 5.74) is -0.535. The molecule has 2 heterocycles. The lowest BCUT2D eigenvalue weighted by Crippen LogP contribution is -2.33. The highest BCUT2D eigenvalue weighted by molar-refractivity contribution is 5.70. The highest BCUT2D eigenvalue weighted by Crippen LogP contribution is 2.22. The average Bonchev–Trinajstić information content (AvgIpc) is 2.71. The second-order valence-corrected chi connectivity index (χ2v) is 3.51. The molecule has 1 aromatic heterocycles. The molecule has 0 bridgehead atoms. The van der Waals surface area contributed by atoms with E-state index in [1.54, 1.807) is 13.0 Å². The minimum atomic E-state index is -0.553. The van der Waals surface area contributed by atoms with E-state index in [9.17, 15) is 14.4 Å². The summed E-state index contributed by atoms with van der Waals surface area (Å²) < 4.78 is 6.47. The van der Waals surface area contributed by atoms with Crippen LogP contribution in [0.15, 0.2) is 27.6 Å². The molecule has 6 heteroatoms. The molecule has 1 aliphatic heterocycles. The van der Waals surface area contributed by atoms with Gasteiger partial charge in [-0.1, -0.05) is 0 Å². The number of aromatic amines is 1. The van der Waals surface area contributed by atoms with Gasteiger partial charge in [-0.15, -0.1) is 0 Å². The highest BCUT2D eigenvalue weighted by atomic mass is 16.5. The minimum Gasteiger partial charge on any atom is -0.467 e. The summed E-state index contributed by atoms with van der Waals surface area (Å²) in [5, 5.41) is 0. The van der Waals surface area contributed by atoms with E-state index in [0.29, 0.717) is 18.3 Å². The van der Waals surface area contributed by atoms with Gasteiger partial charge >= 0.3 is 5.69 Å². The van der Waals surface area contributed by atoms with Crippen LogP contribution in [0, 0.1) is 6.92 Å². The second kappa shape index (κ2) is 3.80. The number of hydrogen-bond acceptors (Lipinski definition) is 4. The van der Waals surface area contributed by atoms with Crippen molar-refractivity contribution in [3.63, 3.8) is 0 Å². The largest absolute Gasteiger partial charge is 0.467 e. The molecule has 6 nitrogen and oxygen atoms in total. The Morgan fingerprint density at radius 2 is 2.31 bits per heavy atom. The molecule has 1 atom stereocenters. The SMILES string of the molecule is Cc1cn([C@H]2CC=C(C=O)O2)c(=O)[nH]c1=O. The topological polar surface area (TPSA) is 81.2 Å². The van der Waals surface area contributed by atoms with Crippen LogP contribution in [-0.4, -0.2) is 15.8 Å². The predicted octanol–water partition coefficient (Wildman–Crippen LogP) is -0.153. The summed E-state index contributed by atoms with van der Waals surface area (Å²) in [5.74, 6) is 0.209. The fraction of sp³-hybridized carbons (Fsp3) is 0.300. The summed E-state index contributed by atoms with van der Waals surface area (Å²) in [7, 11) is 0. The number of H-pyrrole nitrogens is 1. The van der Waals surface area contributed by atoms with Gasteiger partial charge in [0.2, 0.25) is 0 Å². The van der Waals surface area contributed by atoms with Crippen LogP contribution >= 0.6 is 0 Å². The molecule has 0 unspecified atom stereocenters. The maximum atomic E-state index is 11.5. The Morgan fingerprint density at radius 3 is 2.94 bits per heavy atom. The van der Waals surface area contributed by atoms with Crippen LogP contribution < -0.4 is 11.2 Å². The van der Waals surface area contributed by atoms with Crippen LogP contribution in [-0.2, 0) is 9.53 Å². The zero-order chi connectivity index (χ0) is 11.7. The summed E-state index contributed by atoms with van der Waals surface area (Å²) in [6.07, 6.45) is 3.49. The number of aldehydes is 1. The number of rotatable bonds is 2. The van der Waals surface area contributed by atoms with Gasteiger partial charge in [0, 0.05) is 18.2 Å². The molecule has 2 rings (SSSR count). The highest BCUT2D eigenvalue weighted by Gasteiger charge is 2.20. The molecule has 1 aromatic rings. The summed E-state index contributed by atoms with van der Waals surface area (Å²) in [6.45, 7) is 1.60. The molecule has 84 valence electrons. The predicted molar refractivity (Wildman–Crippen MR) is 54.9 cm³/mol. The van der Waals surface area contributed by atoms with Crippen molar-refractivity contribution in [1.82, 2.24) is 9.55 Å². The van der Waals surface area contributed by atoms with E-state index in [2.05, 4.69) is 4.98 Å². The average molecular weight is 222 g/mol. The number of hydrogen-bond donors (Lipinski definition) is 1. The van der Waals surface area contributed by atoms with Crippen LogP contribution in [0.4, 0.5) is 0 Å². The number of carbonyl (C=O) groups excluding carboxylic acids is 1. The van der Waals surface area contributed by atoms with E-state index < -0.39 is 17.5 Å². The second-order valence-electron chi connectivity index (χ2n) is 3.51. The van der Waals surface area contributed by atoms with Gasteiger partial charge in [-0.05, 0) is 13.0 Å². The molecule has 0 fully saturated rings. The van der Waals surface area contributed by atoms with Gasteiger partial charge in [0.25, 0.3) is 5.56 Å². The Labute approximate surface area is 90.2 Å². The van der Waals surface area contributed by atoms with Crippen molar-refractivity contribution in [1.29, 1.82) is 0 Å². The first kappa shape index (κ1) is 10.4. The molecule has 0 aromatic carbocycles. The molecule has 16 heavy (non-hydrogen) atoms. The molecule has 1 aliphatic rings. The quantitative estimate of drug-likeness (QED) is 0.705. The van der Waals surface area contributed by atoms with Crippen LogP contribution in [0.2, 0.25) is 0 Å². The Bertz CT molecular complexity index is 567. The van der Waals surface area contributed by atoms with Crippen LogP contribution in [0.25, 0.3) is 0 Å². The van der Waals surface area contributed by atoms with E-state index in [4.69, 9.17) is 4.74 Å². The third kappa shape index (κ3) is 1.69. The van der Waals surface area contributed by atoms with E-state index in [-0.39, 0.29) is 5.76 Å². The van der Waals surface area contributed by atoms with E-state index in [1.807, 2.05) is 0 Å². The summed E-state index contributed by atoms with van der Waals surface area (Å²) in [6, 6.07) is 0. The fourth-order valence-electron chi connectivity index (χ4n) is 1.52. The van der Waals surface area contributed by atoms with E-state index in [1.165, 1.54) is 10.8 Å². The van der Waals surface area contributed by atoms with Gasteiger partial charge in [0.05, 0.1) is 0 Å². The summed E-state index contributed by atoms with van der Waals surface area (Å²) in [4.78, 5) is 35.3. The molecule has 0 aliphatic carbocycles. The monoisotopic (exact) mass is 222 g/mol. The number of nitrogens with zero attached hydrogens (tertiary/aromatic N) is 1. The van der Waals surface area contributed by atoms with Crippen molar-refractivity contribution < 1.29 is 9.53 Å². The minimum absolute atomic E-state index is 0.209. The lowest BCUT2D eigenvalue weighted by molar-refractivity contribution is -0.108. The smallest absolute Gasteiger partial charge is 0.331 e. The molecule has 0 radical (unpaired) electrons. The maximum Gasteiger partial charge on any atom is 0.331 e. The normalized spacial score (nSPS) is 19.1. The van der Waals surface area contributed by atoms with Crippen molar-refractivity contribution in [3.05, 3.63) is 44.4 Å². The van der Waals surface area contributed by atoms with Crippen LogP contribution in [0.1, 0.15) is 18.2 Å². The maximum absolute atomic E-state index is 11.5. The zero-order valence-electron chi connectivity index (χ0n) is 8.60. The van der Waals surface area contributed by atoms with Crippen LogP contribution in [0.3, 0.4) is 0 Å². The van der Waals surface area contributed by atoms with E-state index >= 15 is 0 Å². The first-order valence-corrected chi connectivity index (χ1v) is 4.76. The van der Waals surface area contributed by atoms with Gasteiger partial charge in [-0.3, -0.25) is 19.1 Å². The van der Waals surface area contributed by atoms with E-state index in [0.717, 1.165) is 0 Å². The lowest BCUT2D eigenvalue weighted by atomic mass is 10.3. The molecular weight excluding hydrogens is 212 g/mol. The van der Waals surface area contributed by atoms with Crippen molar-refractivity contribution in [2.24, 2.45) is 0 Å². The molecule has 0 saturated carbocycles. The Kier molecular flexibility index (Phi) is 2.47. The van der Waals surface area contributed by atoms with Crippen molar-refractivity contribution in [2.45, 2.75) is 19.6 Å². The summed E-state index contributed by atoms with van der Waals surface area (Å²) >= 11 is 0. The first-order valence-electron chi connectivity index (χ1n) is 4.76. The van der Waals surface area contributed by atoms with Gasteiger partial charge in [0.15, 0.2) is 18.3 Å². The Morgan fingerprint density at radius 1 is 1.56 bits per heavy atom. The Hall–Kier alpha value is -2.11. The standard InChI is InChI=1S/C10H10N2O4/c1-6-4-12(10(15)11-9(6)14)8-3-2-7(5-13)16-8/h2,4-5,8H,3H2,1H3,(H,11,14,15)/t8-/m1/s1. The number of ether oxygens (including phenoxy) is 1. The molecule has 0 amide bonds.